The van der Waals surface area contributed by atoms with Crippen LogP contribution in [-0.4, -0.2) is 17.0 Å². The highest BCUT2D eigenvalue weighted by Crippen LogP contribution is 2.06. The van der Waals surface area contributed by atoms with Crippen LogP contribution in [0.4, 0.5) is 0 Å². The molecular weight excluding hydrogens is 186 g/mol. The molecule has 0 atom stereocenters. The van der Waals surface area contributed by atoms with Crippen molar-refractivity contribution in [3.63, 3.8) is 0 Å². The maximum atomic E-state index is 11.8. The van der Waals surface area contributed by atoms with Crippen LogP contribution in [0.3, 0.4) is 0 Å². The third-order valence-corrected chi connectivity index (χ3v) is 2.71. The van der Waals surface area contributed by atoms with Gasteiger partial charge in [-0.15, -0.1) is 0 Å². The molecule has 0 aliphatic carbocycles. The molecule has 0 aliphatic heterocycles. The fourth-order valence-corrected chi connectivity index (χ4v) is 1.60. The summed E-state index contributed by atoms with van der Waals surface area (Å²) in [4.78, 5) is 0. The summed E-state index contributed by atoms with van der Waals surface area (Å²) in [5.41, 5.74) is 1.13. The summed E-state index contributed by atoms with van der Waals surface area (Å²) in [5.74, 6) is 0. The molecule has 0 radical (unpaired) electrons. The first-order valence-electron chi connectivity index (χ1n) is 6.55. The molecule has 0 spiro atoms. The van der Waals surface area contributed by atoms with Crippen LogP contribution < -0.4 is 0 Å². The minimum atomic E-state index is 0.694. The summed E-state index contributed by atoms with van der Waals surface area (Å²) in [7, 11) is 0. The van der Waals surface area contributed by atoms with Gasteiger partial charge in [0.05, 0.1) is 0 Å². The van der Waals surface area contributed by atoms with Crippen LogP contribution in [0.2, 0.25) is 0 Å². The highest BCUT2D eigenvalue weighted by Gasteiger charge is 2.08. The van der Waals surface area contributed by atoms with E-state index in [0.29, 0.717) is 6.54 Å². The predicted molar refractivity (Wildman–Crippen MR) is 67.5 cm³/mol. The molecule has 15 heavy (non-hydrogen) atoms. The number of unbranched alkanes of at least 4 members (excludes halogenated alkanes) is 3. The molecule has 0 saturated carbocycles. The lowest BCUT2D eigenvalue weighted by molar-refractivity contribution is -0.461. The first-order chi connectivity index (χ1) is 7.26. The number of nitrogens with zero attached hydrogens (tertiary/aromatic N) is 1. The number of rotatable bonds is 9. The molecule has 0 N–H and O–H groups in total. The summed E-state index contributed by atoms with van der Waals surface area (Å²) >= 11 is 0. The molecule has 0 saturated heterocycles. The summed E-state index contributed by atoms with van der Waals surface area (Å²) in [5, 5.41) is 11.8. The maximum Gasteiger partial charge on any atom is 0.163 e. The van der Waals surface area contributed by atoms with E-state index in [1.54, 1.807) is 0 Å². The molecule has 0 fully saturated rings. The first kappa shape index (κ1) is 14.5. The Kier molecular flexibility index (Phi) is 9.65. The van der Waals surface area contributed by atoms with E-state index < -0.39 is 0 Å². The Morgan fingerprint density at radius 3 is 1.73 bits per heavy atom. The fraction of sp³-hybridized carbons (Fsp3) is 0.923. The summed E-state index contributed by atoms with van der Waals surface area (Å²) < 4.78 is 1.26. The smallest absolute Gasteiger partial charge is 0.163 e. The largest absolute Gasteiger partial charge is 0.624 e. The molecule has 2 nitrogen and oxygen atoms in total. The maximum absolute atomic E-state index is 11.8. The van der Waals surface area contributed by atoms with Gasteiger partial charge in [0.2, 0.25) is 0 Å². The number of hydrogen-bond acceptors (Lipinski definition) is 1. The van der Waals surface area contributed by atoms with E-state index in [1.165, 1.54) is 17.6 Å². The zero-order valence-corrected chi connectivity index (χ0v) is 10.7. The predicted octanol–water partition coefficient (Wildman–Crippen LogP) is 4.12. The minimum Gasteiger partial charge on any atom is -0.624 e. The van der Waals surface area contributed by atoms with Crippen molar-refractivity contribution in [3.8, 4) is 0 Å². The van der Waals surface area contributed by atoms with Crippen molar-refractivity contribution in [3.05, 3.63) is 5.21 Å². The molecule has 0 bridgehead atoms. The Labute approximate surface area is 95.0 Å². The standard InChI is InChI=1S/C13H27NO/c1-4-7-10-13(11-8-5-2)14(15)12-9-6-3/h4-12H2,1-3H3. The van der Waals surface area contributed by atoms with Gasteiger partial charge in [0.15, 0.2) is 12.3 Å². The van der Waals surface area contributed by atoms with Crippen LogP contribution in [-0.2, 0) is 0 Å². The lowest BCUT2D eigenvalue weighted by atomic mass is 10.1. The van der Waals surface area contributed by atoms with Gasteiger partial charge in [-0.1, -0.05) is 40.0 Å². The Bertz CT molecular complexity index is 165. The lowest BCUT2D eigenvalue weighted by Gasteiger charge is -2.10. The zero-order valence-electron chi connectivity index (χ0n) is 10.7. The first-order valence-corrected chi connectivity index (χ1v) is 6.55. The molecule has 0 unspecified atom stereocenters. The van der Waals surface area contributed by atoms with E-state index in [0.717, 1.165) is 44.2 Å². The van der Waals surface area contributed by atoms with E-state index in [2.05, 4.69) is 20.8 Å². The van der Waals surface area contributed by atoms with Gasteiger partial charge < -0.3 is 5.21 Å². The van der Waals surface area contributed by atoms with E-state index >= 15 is 0 Å². The quantitative estimate of drug-likeness (QED) is 0.245. The van der Waals surface area contributed by atoms with Gasteiger partial charge in [-0.2, -0.15) is 0 Å². The van der Waals surface area contributed by atoms with Gasteiger partial charge in [0.1, 0.15) is 0 Å². The van der Waals surface area contributed by atoms with Gasteiger partial charge >= 0.3 is 0 Å². The average Bonchev–Trinajstić information content (AvgIpc) is 2.26. The zero-order chi connectivity index (χ0) is 11.5. The van der Waals surface area contributed by atoms with Crippen LogP contribution in [0, 0.1) is 5.21 Å². The van der Waals surface area contributed by atoms with Crippen molar-refractivity contribution in [2.45, 2.75) is 72.1 Å². The van der Waals surface area contributed by atoms with E-state index in [9.17, 15) is 5.21 Å². The van der Waals surface area contributed by atoms with Crippen molar-refractivity contribution < 1.29 is 4.74 Å². The normalized spacial score (nSPS) is 10.3. The Hall–Kier alpha value is -0.530. The third-order valence-electron chi connectivity index (χ3n) is 2.71. The highest BCUT2D eigenvalue weighted by molar-refractivity contribution is 5.79. The fourth-order valence-electron chi connectivity index (χ4n) is 1.60. The molecule has 0 aromatic carbocycles. The van der Waals surface area contributed by atoms with Gasteiger partial charge in [-0.25, -0.2) is 4.74 Å². The summed E-state index contributed by atoms with van der Waals surface area (Å²) in [6.45, 7) is 7.18. The van der Waals surface area contributed by atoms with Crippen molar-refractivity contribution in [1.29, 1.82) is 0 Å². The van der Waals surface area contributed by atoms with Crippen molar-refractivity contribution in [1.82, 2.24) is 0 Å². The van der Waals surface area contributed by atoms with Crippen LogP contribution in [0.15, 0.2) is 0 Å². The molecule has 0 rings (SSSR count). The second-order valence-corrected chi connectivity index (χ2v) is 4.23. The van der Waals surface area contributed by atoms with Crippen molar-refractivity contribution in [2.75, 3.05) is 6.54 Å². The second-order valence-electron chi connectivity index (χ2n) is 4.23. The SMILES string of the molecule is CCCCC(CCCC)=[N+]([O-])CCCC. The molecule has 90 valence electrons. The molecular formula is C13H27NO. The van der Waals surface area contributed by atoms with Crippen LogP contribution in [0.5, 0.6) is 0 Å². The lowest BCUT2D eigenvalue weighted by Crippen LogP contribution is -2.17. The van der Waals surface area contributed by atoms with Crippen LogP contribution >= 0.6 is 0 Å². The molecule has 0 aromatic rings. The number of hydroxylamine groups is 1. The molecule has 0 amide bonds. The van der Waals surface area contributed by atoms with Crippen molar-refractivity contribution >= 4 is 5.71 Å². The van der Waals surface area contributed by atoms with Crippen LogP contribution in [0.1, 0.15) is 72.1 Å². The van der Waals surface area contributed by atoms with E-state index in [-0.39, 0.29) is 0 Å². The summed E-state index contributed by atoms with van der Waals surface area (Å²) in [6, 6.07) is 0. The molecule has 2 heteroatoms. The van der Waals surface area contributed by atoms with Crippen molar-refractivity contribution in [2.24, 2.45) is 0 Å². The van der Waals surface area contributed by atoms with Gasteiger partial charge in [-0.3, -0.25) is 0 Å². The molecule has 0 aromatic heterocycles. The minimum absolute atomic E-state index is 0.694. The van der Waals surface area contributed by atoms with Gasteiger partial charge in [0.25, 0.3) is 0 Å². The highest BCUT2D eigenvalue weighted by atomic mass is 16.5. The Morgan fingerprint density at radius 2 is 1.33 bits per heavy atom. The second kappa shape index (κ2) is 10.0. The monoisotopic (exact) mass is 213 g/mol. The Balaban J connectivity index is 4.14. The van der Waals surface area contributed by atoms with E-state index in [4.69, 9.17) is 0 Å². The third kappa shape index (κ3) is 7.40. The molecule has 0 heterocycles. The topological polar surface area (TPSA) is 26.1 Å². The Morgan fingerprint density at radius 1 is 0.867 bits per heavy atom. The van der Waals surface area contributed by atoms with Gasteiger partial charge in [-0.05, 0) is 12.8 Å². The van der Waals surface area contributed by atoms with Gasteiger partial charge in [0, 0.05) is 19.3 Å². The molecule has 0 aliphatic rings. The van der Waals surface area contributed by atoms with Crippen LogP contribution in [0.25, 0.3) is 0 Å². The summed E-state index contributed by atoms with van der Waals surface area (Å²) in [6.07, 6.45) is 8.80. The number of hydrogen-bond donors (Lipinski definition) is 0. The average molecular weight is 213 g/mol. The van der Waals surface area contributed by atoms with E-state index in [1.807, 2.05) is 0 Å².